The summed E-state index contributed by atoms with van der Waals surface area (Å²) in [6.45, 7) is 3.88. The number of aromatic nitrogens is 3. The van der Waals surface area contributed by atoms with Gasteiger partial charge in [0, 0.05) is 25.2 Å². The molecule has 3 heterocycles. The molecule has 2 aromatic rings. The lowest BCUT2D eigenvalue weighted by molar-refractivity contribution is 0.327. The zero-order chi connectivity index (χ0) is 12.4. The Morgan fingerprint density at radius 3 is 2.78 bits per heavy atom. The van der Waals surface area contributed by atoms with E-state index in [1.165, 1.54) is 5.69 Å². The largest absolute Gasteiger partial charge is 0.370 e. The van der Waals surface area contributed by atoms with Crippen LogP contribution in [0.5, 0.6) is 0 Å². The molecule has 0 saturated carbocycles. The van der Waals surface area contributed by atoms with Crippen LogP contribution in [-0.4, -0.2) is 28.2 Å². The van der Waals surface area contributed by atoms with Crippen molar-refractivity contribution in [3.63, 3.8) is 0 Å². The fourth-order valence-electron chi connectivity index (χ4n) is 2.40. The van der Waals surface area contributed by atoms with E-state index in [1.807, 2.05) is 19.2 Å². The van der Waals surface area contributed by atoms with Gasteiger partial charge in [-0.3, -0.25) is 4.98 Å². The first-order chi connectivity index (χ1) is 8.83. The van der Waals surface area contributed by atoms with E-state index in [4.69, 9.17) is 4.52 Å². The summed E-state index contributed by atoms with van der Waals surface area (Å²) in [6, 6.07) is 4.08. The Kier molecular flexibility index (Phi) is 2.96. The van der Waals surface area contributed by atoms with Crippen LogP contribution in [0.3, 0.4) is 0 Å². The van der Waals surface area contributed by atoms with Gasteiger partial charge < -0.3 is 9.42 Å². The zero-order valence-corrected chi connectivity index (χ0v) is 10.4. The van der Waals surface area contributed by atoms with Crippen LogP contribution in [0.15, 0.2) is 29.0 Å². The van der Waals surface area contributed by atoms with Crippen molar-refractivity contribution in [2.75, 3.05) is 18.0 Å². The van der Waals surface area contributed by atoms with Crippen LogP contribution >= 0.6 is 0 Å². The number of rotatable bonds is 2. The summed E-state index contributed by atoms with van der Waals surface area (Å²) < 4.78 is 5.25. The molecule has 0 aliphatic carbocycles. The number of hydrogen-bond acceptors (Lipinski definition) is 5. The standard InChI is InChI=1S/C13H16N4O/c1-10-15-13(18-16-10)11-4-7-17(8-5-11)12-3-2-6-14-9-12/h2-3,6,9,11H,4-5,7-8H2,1H3. The van der Waals surface area contributed by atoms with E-state index < -0.39 is 0 Å². The molecule has 1 aliphatic heterocycles. The average Bonchev–Trinajstić information content (AvgIpc) is 2.87. The molecule has 0 unspecified atom stereocenters. The normalized spacial score (nSPS) is 17.1. The van der Waals surface area contributed by atoms with Gasteiger partial charge in [-0.25, -0.2) is 0 Å². The maximum Gasteiger partial charge on any atom is 0.229 e. The van der Waals surface area contributed by atoms with Crippen molar-refractivity contribution in [1.82, 2.24) is 15.1 Å². The van der Waals surface area contributed by atoms with Crippen molar-refractivity contribution in [1.29, 1.82) is 0 Å². The highest BCUT2D eigenvalue weighted by Crippen LogP contribution is 2.28. The molecule has 0 atom stereocenters. The molecule has 0 N–H and O–H groups in total. The van der Waals surface area contributed by atoms with E-state index in [0.29, 0.717) is 5.92 Å². The van der Waals surface area contributed by atoms with Gasteiger partial charge in [-0.15, -0.1) is 0 Å². The van der Waals surface area contributed by atoms with Crippen molar-refractivity contribution in [2.45, 2.75) is 25.7 Å². The fraction of sp³-hybridized carbons (Fsp3) is 0.462. The third-order valence-corrected chi connectivity index (χ3v) is 3.40. The molecule has 5 heteroatoms. The topological polar surface area (TPSA) is 55.1 Å². The Labute approximate surface area is 106 Å². The first-order valence-corrected chi connectivity index (χ1v) is 6.28. The van der Waals surface area contributed by atoms with Crippen LogP contribution in [0.2, 0.25) is 0 Å². The van der Waals surface area contributed by atoms with Crippen LogP contribution in [0.1, 0.15) is 30.5 Å². The molecule has 18 heavy (non-hydrogen) atoms. The molecule has 5 nitrogen and oxygen atoms in total. The number of anilines is 1. The van der Waals surface area contributed by atoms with Crippen LogP contribution in [0.4, 0.5) is 5.69 Å². The molecule has 0 radical (unpaired) electrons. The second kappa shape index (κ2) is 4.76. The van der Waals surface area contributed by atoms with E-state index in [0.717, 1.165) is 37.6 Å². The van der Waals surface area contributed by atoms with E-state index in [2.05, 4.69) is 26.1 Å². The lowest BCUT2D eigenvalue weighted by Crippen LogP contribution is -2.32. The number of pyridine rings is 1. The Hall–Kier alpha value is -1.91. The Bertz CT molecular complexity index is 503. The molecule has 0 amide bonds. The van der Waals surface area contributed by atoms with Crippen molar-refractivity contribution >= 4 is 5.69 Å². The number of hydrogen-bond donors (Lipinski definition) is 0. The molecule has 94 valence electrons. The highest BCUT2D eigenvalue weighted by molar-refractivity contribution is 5.44. The number of nitrogens with zero attached hydrogens (tertiary/aromatic N) is 4. The third kappa shape index (κ3) is 2.20. The van der Waals surface area contributed by atoms with Gasteiger partial charge in [-0.2, -0.15) is 4.98 Å². The van der Waals surface area contributed by atoms with E-state index in [9.17, 15) is 0 Å². The molecular formula is C13H16N4O. The molecule has 3 rings (SSSR count). The first kappa shape index (κ1) is 11.2. The Morgan fingerprint density at radius 2 is 2.17 bits per heavy atom. The highest BCUT2D eigenvalue weighted by atomic mass is 16.5. The van der Waals surface area contributed by atoms with Crippen molar-refractivity contribution in [3.8, 4) is 0 Å². The lowest BCUT2D eigenvalue weighted by Gasteiger charge is -2.31. The summed E-state index contributed by atoms with van der Waals surface area (Å²) in [5.74, 6) is 1.91. The predicted octanol–water partition coefficient (Wildman–Crippen LogP) is 2.16. The second-order valence-corrected chi connectivity index (χ2v) is 4.65. The molecule has 0 aromatic carbocycles. The van der Waals surface area contributed by atoms with Gasteiger partial charge in [-0.1, -0.05) is 5.16 Å². The summed E-state index contributed by atoms with van der Waals surface area (Å²) >= 11 is 0. The minimum absolute atomic E-state index is 0.402. The Morgan fingerprint density at radius 1 is 1.33 bits per heavy atom. The highest BCUT2D eigenvalue weighted by Gasteiger charge is 2.24. The summed E-state index contributed by atoms with van der Waals surface area (Å²) in [7, 11) is 0. The number of piperidine rings is 1. The Balaban J connectivity index is 1.65. The van der Waals surface area contributed by atoms with Gasteiger partial charge in [0.1, 0.15) is 0 Å². The average molecular weight is 244 g/mol. The minimum Gasteiger partial charge on any atom is -0.370 e. The van der Waals surface area contributed by atoms with Crippen LogP contribution in [0.25, 0.3) is 0 Å². The predicted molar refractivity (Wildman–Crippen MR) is 67.5 cm³/mol. The molecular weight excluding hydrogens is 228 g/mol. The van der Waals surface area contributed by atoms with Gasteiger partial charge in [0.15, 0.2) is 5.82 Å². The van der Waals surface area contributed by atoms with Crippen LogP contribution in [0, 0.1) is 6.92 Å². The second-order valence-electron chi connectivity index (χ2n) is 4.65. The summed E-state index contributed by atoms with van der Waals surface area (Å²) in [6.07, 6.45) is 5.82. The molecule has 0 spiro atoms. The van der Waals surface area contributed by atoms with Gasteiger partial charge in [0.2, 0.25) is 5.89 Å². The monoisotopic (exact) mass is 244 g/mol. The number of aryl methyl sites for hydroxylation is 1. The van der Waals surface area contributed by atoms with Gasteiger partial charge in [-0.05, 0) is 31.9 Å². The molecule has 0 bridgehead atoms. The SMILES string of the molecule is Cc1noc(C2CCN(c3cccnc3)CC2)n1. The maximum atomic E-state index is 5.25. The van der Waals surface area contributed by atoms with E-state index in [1.54, 1.807) is 6.20 Å². The van der Waals surface area contributed by atoms with Crippen molar-refractivity contribution < 1.29 is 4.52 Å². The third-order valence-electron chi connectivity index (χ3n) is 3.40. The molecule has 1 aliphatic rings. The van der Waals surface area contributed by atoms with Gasteiger partial charge in [0.25, 0.3) is 0 Å². The minimum atomic E-state index is 0.402. The lowest BCUT2D eigenvalue weighted by atomic mass is 9.96. The molecule has 1 fully saturated rings. The van der Waals surface area contributed by atoms with Crippen molar-refractivity contribution in [3.05, 3.63) is 36.2 Å². The zero-order valence-electron chi connectivity index (χ0n) is 10.4. The maximum absolute atomic E-state index is 5.25. The quantitative estimate of drug-likeness (QED) is 0.810. The van der Waals surface area contributed by atoms with Crippen LogP contribution < -0.4 is 4.90 Å². The van der Waals surface area contributed by atoms with Crippen molar-refractivity contribution in [2.24, 2.45) is 0 Å². The van der Waals surface area contributed by atoms with E-state index in [-0.39, 0.29) is 0 Å². The smallest absolute Gasteiger partial charge is 0.229 e. The van der Waals surface area contributed by atoms with Crippen LogP contribution in [-0.2, 0) is 0 Å². The summed E-state index contributed by atoms with van der Waals surface area (Å²) in [4.78, 5) is 10.8. The summed E-state index contributed by atoms with van der Waals surface area (Å²) in [5, 5.41) is 3.86. The van der Waals surface area contributed by atoms with Gasteiger partial charge >= 0.3 is 0 Å². The van der Waals surface area contributed by atoms with Gasteiger partial charge in [0.05, 0.1) is 11.9 Å². The molecule has 1 saturated heterocycles. The fourth-order valence-corrected chi connectivity index (χ4v) is 2.40. The molecule has 2 aromatic heterocycles. The summed E-state index contributed by atoms with van der Waals surface area (Å²) in [5.41, 5.74) is 1.19. The first-order valence-electron chi connectivity index (χ1n) is 6.28. The van der Waals surface area contributed by atoms with E-state index >= 15 is 0 Å².